The highest BCUT2D eigenvalue weighted by Crippen LogP contribution is 2.44. The molecule has 0 N–H and O–H groups in total. The van der Waals surface area contributed by atoms with Crippen molar-refractivity contribution >= 4 is 27.2 Å². The van der Waals surface area contributed by atoms with Crippen LogP contribution in [0.4, 0.5) is 0 Å². The molecule has 4 heteroatoms. The summed E-state index contributed by atoms with van der Waals surface area (Å²) in [6, 6.07) is 56.9. The number of para-hydroxylation sites is 1. The molecular weight excluding hydrogens is 573 g/mol. The van der Waals surface area contributed by atoms with Gasteiger partial charge in [0.15, 0.2) is 5.82 Å². The fourth-order valence-corrected chi connectivity index (χ4v) is 6.69. The third-order valence-electron chi connectivity index (χ3n) is 8.89. The molecule has 0 aliphatic heterocycles. The Morgan fingerprint density at radius 3 is 1.64 bits per heavy atom. The summed E-state index contributed by atoms with van der Waals surface area (Å²) in [4.78, 5) is 10.5. The number of nitrogens with zero attached hydrogens (tertiary/aromatic N) is 4. The summed E-state index contributed by atoms with van der Waals surface area (Å²) >= 11 is 0. The van der Waals surface area contributed by atoms with Crippen LogP contribution in [-0.2, 0) is 0 Å². The van der Waals surface area contributed by atoms with Crippen molar-refractivity contribution in [3.05, 3.63) is 170 Å². The largest absolute Gasteiger partial charge is 0.231 e. The maximum atomic E-state index is 5.40. The first-order valence-electron chi connectivity index (χ1n) is 15.8. The molecule has 4 nitrogen and oxygen atoms in total. The number of fused-ring (bicyclic) bond motifs is 4. The topological polar surface area (TPSA) is 43.1 Å². The van der Waals surface area contributed by atoms with E-state index < -0.39 is 0 Å². The second kappa shape index (κ2) is 11.2. The van der Waals surface area contributed by atoms with E-state index in [1.807, 2.05) is 24.4 Å². The standard InChI is InChI=1S/C43H28N4/c1-4-14-29(15-5-1)30-24-26-33(27-25-30)43-45-38-23-13-12-22-36(38)40(46-43)39-34-20-10-11-21-35(34)42-37(31-16-6-2-7-17-31)28-44-47(42)41(39)32-18-8-3-9-19-32/h1-28H. The van der Waals surface area contributed by atoms with E-state index in [-0.39, 0.29) is 0 Å². The predicted octanol–water partition coefficient (Wildman–Crippen LogP) is 10.8. The van der Waals surface area contributed by atoms with Crippen LogP contribution in [0.25, 0.3) is 83.3 Å². The number of rotatable bonds is 5. The molecule has 0 atom stereocenters. The van der Waals surface area contributed by atoms with Gasteiger partial charge in [0.2, 0.25) is 0 Å². The lowest BCUT2D eigenvalue weighted by Crippen LogP contribution is -2.03. The van der Waals surface area contributed by atoms with Crippen LogP contribution in [0.3, 0.4) is 0 Å². The third kappa shape index (κ3) is 4.58. The van der Waals surface area contributed by atoms with Crippen LogP contribution in [0.1, 0.15) is 0 Å². The Bertz CT molecular complexity index is 2540. The van der Waals surface area contributed by atoms with E-state index in [2.05, 4.69) is 150 Å². The van der Waals surface area contributed by atoms with Crippen molar-refractivity contribution < 1.29 is 0 Å². The minimum Gasteiger partial charge on any atom is -0.231 e. The molecule has 0 unspecified atom stereocenters. The van der Waals surface area contributed by atoms with Crippen molar-refractivity contribution in [3.8, 4) is 56.2 Å². The molecule has 0 saturated heterocycles. The number of benzene rings is 6. The summed E-state index contributed by atoms with van der Waals surface area (Å²) in [6.07, 6.45) is 1.99. The summed E-state index contributed by atoms with van der Waals surface area (Å²) < 4.78 is 2.11. The lowest BCUT2D eigenvalue weighted by molar-refractivity contribution is 0.975. The molecule has 6 aromatic carbocycles. The van der Waals surface area contributed by atoms with Crippen molar-refractivity contribution in [1.29, 1.82) is 0 Å². The van der Waals surface area contributed by atoms with Gasteiger partial charge in [-0.25, -0.2) is 14.5 Å². The third-order valence-corrected chi connectivity index (χ3v) is 8.89. The Morgan fingerprint density at radius 1 is 0.404 bits per heavy atom. The Balaban J connectivity index is 1.36. The summed E-state index contributed by atoms with van der Waals surface area (Å²) in [5.74, 6) is 0.687. The van der Waals surface area contributed by atoms with E-state index in [9.17, 15) is 0 Å². The zero-order valence-electron chi connectivity index (χ0n) is 25.5. The maximum absolute atomic E-state index is 5.40. The van der Waals surface area contributed by atoms with Crippen LogP contribution in [0.15, 0.2) is 170 Å². The second-order valence-electron chi connectivity index (χ2n) is 11.7. The van der Waals surface area contributed by atoms with Crippen LogP contribution in [0.5, 0.6) is 0 Å². The number of hydrogen-bond donors (Lipinski definition) is 0. The van der Waals surface area contributed by atoms with Crippen LogP contribution in [0.2, 0.25) is 0 Å². The molecule has 0 fully saturated rings. The molecule has 47 heavy (non-hydrogen) atoms. The molecule has 0 amide bonds. The Labute approximate surface area is 272 Å². The molecule has 0 bridgehead atoms. The summed E-state index contributed by atoms with van der Waals surface area (Å²) in [6.45, 7) is 0. The first-order valence-corrected chi connectivity index (χ1v) is 15.8. The molecule has 0 saturated carbocycles. The summed E-state index contributed by atoms with van der Waals surface area (Å²) in [7, 11) is 0. The zero-order valence-corrected chi connectivity index (χ0v) is 25.5. The molecule has 0 spiro atoms. The number of pyridine rings is 1. The molecule has 0 aliphatic carbocycles. The van der Waals surface area contributed by atoms with Gasteiger partial charge < -0.3 is 0 Å². The van der Waals surface area contributed by atoms with Gasteiger partial charge in [-0.1, -0.05) is 158 Å². The van der Waals surface area contributed by atoms with Gasteiger partial charge >= 0.3 is 0 Å². The van der Waals surface area contributed by atoms with Gasteiger partial charge in [-0.15, -0.1) is 0 Å². The SMILES string of the molecule is c1ccc(-c2ccc(-c3nc(-c4c(-c5ccccc5)n5ncc(-c6ccccc6)c5c5ccccc45)c4ccccc4n3)cc2)cc1. The highest BCUT2D eigenvalue weighted by atomic mass is 15.2. The molecule has 3 aromatic heterocycles. The van der Waals surface area contributed by atoms with Crippen LogP contribution in [-0.4, -0.2) is 19.6 Å². The number of hydrogen-bond acceptors (Lipinski definition) is 3. The van der Waals surface area contributed by atoms with Gasteiger partial charge in [0, 0.05) is 33.0 Å². The first kappa shape index (κ1) is 27.0. The molecule has 3 heterocycles. The quantitative estimate of drug-likeness (QED) is 0.197. The monoisotopic (exact) mass is 600 g/mol. The van der Waals surface area contributed by atoms with Gasteiger partial charge in [-0.3, -0.25) is 0 Å². The van der Waals surface area contributed by atoms with Gasteiger partial charge in [0.1, 0.15) is 0 Å². The normalized spacial score (nSPS) is 11.4. The molecular formula is C43H28N4. The smallest absolute Gasteiger partial charge is 0.160 e. The highest BCUT2D eigenvalue weighted by Gasteiger charge is 2.24. The molecule has 9 aromatic rings. The van der Waals surface area contributed by atoms with Gasteiger partial charge in [-0.2, -0.15) is 5.10 Å². The van der Waals surface area contributed by atoms with Crippen molar-refractivity contribution in [2.24, 2.45) is 0 Å². The number of aromatic nitrogens is 4. The molecule has 220 valence electrons. The highest BCUT2D eigenvalue weighted by molar-refractivity contribution is 6.15. The molecule has 0 radical (unpaired) electrons. The van der Waals surface area contributed by atoms with E-state index >= 15 is 0 Å². The minimum absolute atomic E-state index is 0.687. The fraction of sp³-hybridized carbons (Fsp3) is 0. The summed E-state index contributed by atoms with van der Waals surface area (Å²) in [5, 5.41) is 8.31. The zero-order chi connectivity index (χ0) is 31.2. The van der Waals surface area contributed by atoms with Gasteiger partial charge in [-0.05, 0) is 28.1 Å². The fourth-order valence-electron chi connectivity index (χ4n) is 6.69. The van der Waals surface area contributed by atoms with E-state index in [1.165, 1.54) is 5.56 Å². The average molecular weight is 601 g/mol. The van der Waals surface area contributed by atoms with Crippen LogP contribution in [0, 0.1) is 0 Å². The Hall–Kier alpha value is -6.39. The lowest BCUT2D eigenvalue weighted by Gasteiger charge is -2.19. The molecule has 0 aliphatic rings. The van der Waals surface area contributed by atoms with Crippen LogP contribution < -0.4 is 0 Å². The lowest BCUT2D eigenvalue weighted by atomic mass is 9.93. The maximum Gasteiger partial charge on any atom is 0.160 e. The van der Waals surface area contributed by atoms with Crippen molar-refractivity contribution in [2.75, 3.05) is 0 Å². The average Bonchev–Trinajstić information content (AvgIpc) is 3.60. The van der Waals surface area contributed by atoms with Crippen LogP contribution >= 0.6 is 0 Å². The predicted molar refractivity (Wildman–Crippen MR) is 193 cm³/mol. The molecule has 9 rings (SSSR count). The van der Waals surface area contributed by atoms with Gasteiger partial charge in [0.05, 0.1) is 28.6 Å². The minimum atomic E-state index is 0.687. The van der Waals surface area contributed by atoms with Crippen molar-refractivity contribution in [2.45, 2.75) is 0 Å². The van der Waals surface area contributed by atoms with E-state index in [4.69, 9.17) is 15.1 Å². The van der Waals surface area contributed by atoms with Crippen molar-refractivity contribution in [1.82, 2.24) is 19.6 Å². The van der Waals surface area contributed by atoms with E-state index in [0.29, 0.717) is 5.82 Å². The first-order chi connectivity index (χ1) is 23.3. The Morgan fingerprint density at radius 2 is 0.936 bits per heavy atom. The van der Waals surface area contributed by atoms with Crippen molar-refractivity contribution in [3.63, 3.8) is 0 Å². The second-order valence-corrected chi connectivity index (χ2v) is 11.7. The van der Waals surface area contributed by atoms with Gasteiger partial charge in [0.25, 0.3) is 0 Å². The Kier molecular flexibility index (Phi) is 6.43. The summed E-state index contributed by atoms with van der Waals surface area (Å²) in [5.41, 5.74) is 11.5. The van der Waals surface area contributed by atoms with E-state index in [0.717, 1.165) is 72.0 Å². The van der Waals surface area contributed by atoms with E-state index in [1.54, 1.807) is 0 Å².